The summed E-state index contributed by atoms with van der Waals surface area (Å²) in [6.45, 7) is 17.0. The molecule has 1 N–H and O–H groups in total. The van der Waals surface area contributed by atoms with Crippen molar-refractivity contribution in [3.8, 4) is 0 Å². The molecule has 6 heteroatoms. The van der Waals surface area contributed by atoms with Crippen molar-refractivity contribution in [1.29, 1.82) is 0 Å². The lowest BCUT2D eigenvalue weighted by molar-refractivity contribution is -0.125. The second kappa shape index (κ2) is 13.6. The number of benzene rings is 2. The van der Waals surface area contributed by atoms with E-state index in [4.69, 9.17) is 9.47 Å². The van der Waals surface area contributed by atoms with E-state index in [2.05, 4.69) is 52.1 Å². The molecule has 1 aliphatic rings. The van der Waals surface area contributed by atoms with Crippen LogP contribution in [0.25, 0.3) is 12.2 Å². The Morgan fingerprint density at radius 3 is 2.15 bits per heavy atom. The molecule has 3 rings (SSSR count). The topological polar surface area (TPSA) is 67.9 Å². The molecule has 218 valence electrons. The summed E-state index contributed by atoms with van der Waals surface area (Å²) >= 11 is 0. The zero-order chi connectivity index (χ0) is 29.4. The molecule has 0 atom stereocenters. The van der Waals surface area contributed by atoms with E-state index in [1.165, 1.54) is 0 Å². The number of hydrogen-bond acceptors (Lipinski definition) is 4. The van der Waals surface area contributed by atoms with Gasteiger partial charge in [0.15, 0.2) is 0 Å². The number of nitrogens with one attached hydrogen (secondary N) is 1. The second-order valence-electron chi connectivity index (χ2n) is 13.1. The predicted molar refractivity (Wildman–Crippen MR) is 164 cm³/mol. The van der Waals surface area contributed by atoms with Gasteiger partial charge in [0.05, 0.1) is 36.6 Å². The molecular formula is C34H48N2O4. The van der Waals surface area contributed by atoms with E-state index in [9.17, 15) is 9.59 Å². The largest absolute Gasteiger partial charge is 0.375 e. The lowest BCUT2D eigenvalue weighted by atomic mass is 9.97. The molecule has 40 heavy (non-hydrogen) atoms. The average Bonchev–Trinajstić information content (AvgIpc) is 2.87. The first-order chi connectivity index (χ1) is 18.7. The summed E-state index contributed by atoms with van der Waals surface area (Å²) in [6, 6.07) is 16.0. The van der Waals surface area contributed by atoms with Gasteiger partial charge in [-0.1, -0.05) is 75.4 Å². The highest BCUT2D eigenvalue weighted by Gasteiger charge is 2.25. The number of fused-ring (bicyclic) bond motifs is 2. The third-order valence-corrected chi connectivity index (χ3v) is 7.06. The molecule has 0 radical (unpaired) electrons. The van der Waals surface area contributed by atoms with Gasteiger partial charge in [0.1, 0.15) is 0 Å². The number of nitrogens with zero attached hydrogens (tertiary/aromatic N) is 1. The van der Waals surface area contributed by atoms with Crippen molar-refractivity contribution in [3.63, 3.8) is 0 Å². The number of rotatable bonds is 12. The molecule has 1 heterocycles. The van der Waals surface area contributed by atoms with Crippen LogP contribution in [0.4, 0.5) is 5.69 Å². The summed E-state index contributed by atoms with van der Waals surface area (Å²) in [5.74, 6) is -0.186. The maximum atomic E-state index is 13.4. The Kier molecular flexibility index (Phi) is 10.7. The van der Waals surface area contributed by atoms with Crippen molar-refractivity contribution < 1.29 is 19.1 Å². The maximum Gasteiger partial charge on any atom is 0.227 e. The molecule has 1 aliphatic heterocycles. The van der Waals surface area contributed by atoms with E-state index in [0.29, 0.717) is 32.7 Å². The zero-order valence-electron chi connectivity index (χ0n) is 25.5. The van der Waals surface area contributed by atoms with Crippen LogP contribution in [0, 0.1) is 5.41 Å². The highest BCUT2D eigenvalue weighted by molar-refractivity contribution is 5.98. The summed E-state index contributed by atoms with van der Waals surface area (Å²) in [6.07, 6.45) is 5.91. The minimum atomic E-state index is -0.377. The summed E-state index contributed by atoms with van der Waals surface area (Å²) in [5, 5.41) is 2.97. The summed E-state index contributed by atoms with van der Waals surface area (Å²) in [5.41, 5.74) is 3.52. The Bertz CT molecular complexity index is 1180. The third-order valence-electron chi connectivity index (χ3n) is 7.06. The van der Waals surface area contributed by atoms with Gasteiger partial charge >= 0.3 is 0 Å². The summed E-state index contributed by atoms with van der Waals surface area (Å²) in [4.78, 5) is 27.8. The SMILES string of the molecule is CC(C)(C)COC(C)(C)CCOC(C)(C)CCNC(=O)CCC(=O)N1Cc2ccccc2/C=C\c2ccccc21. The van der Waals surface area contributed by atoms with Crippen LogP contribution in [0.2, 0.25) is 0 Å². The van der Waals surface area contributed by atoms with E-state index in [1.807, 2.05) is 62.4 Å². The average molecular weight is 549 g/mol. The lowest BCUT2D eigenvalue weighted by Gasteiger charge is -2.32. The number of carbonyl (C=O) groups is 2. The predicted octanol–water partition coefficient (Wildman–Crippen LogP) is 7.02. The molecule has 6 nitrogen and oxygen atoms in total. The van der Waals surface area contributed by atoms with Gasteiger partial charge in [0.25, 0.3) is 0 Å². The molecule has 0 saturated carbocycles. The minimum absolute atomic E-state index is 0.0624. The van der Waals surface area contributed by atoms with Gasteiger partial charge in [-0.25, -0.2) is 0 Å². The monoisotopic (exact) mass is 548 g/mol. The normalized spacial score (nSPS) is 14.5. The fraction of sp³-hybridized carbons (Fsp3) is 0.529. The Morgan fingerprint density at radius 1 is 0.800 bits per heavy atom. The van der Waals surface area contributed by atoms with Gasteiger partial charge in [0.2, 0.25) is 11.8 Å². The molecule has 0 unspecified atom stereocenters. The first-order valence-electron chi connectivity index (χ1n) is 14.4. The summed E-state index contributed by atoms with van der Waals surface area (Å²) in [7, 11) is 0. The Hall–Kier alpha value is -2.96. The van der Waals surface area contributed by atoms with E-state index in [-0.39, 0.29) is 41.3 Å². The van der Waals surface area contributed by atoms with Crippen LogP contribution in [-0.2, 0) is 25.6 Å². The van der Waals surface area contributed by atoms with Crippen molar-refractivity contribution >= 4 is 29.7 Å². The quantitative estimate of drug-likeness (QED) is 0.310. The highest BCUT2D eigenvalue weighted by atomic mass is 16.5. The molecule has 0 spiro atoms. The number of hydrogen-bond donors (Lipinski definition) is 1. The fourth-order valence-electron chi connectivity index (χ4n) is 4.45. The van der Waals surface area contributed by atoms with Crippen LogP contribution < -0.4 is 10.2 Å². The molecule has 0 aliphatic carbocycles. The van der Waals surface area contributed by atoms with Crippen LogP contribution in [0.5, 0.6) is 0 Å². The molecule has 2 aromatic rings. The Labute approximate surface area is 241 Å². The number of para-hydroxylation sites is 1. The van der Waals surface area contributed by atoms with Gasteiger partial charge in [0, 0.05) is 19.4 Å². The second-order valence-corrected chi connectivity index (χ2v) is 13.1. The number of amides is 2. The van der Waals surface area contributed by atoms with Gasteiger partial charge in [-0.2, -0.15) is 0 Å². The number of carbonyl (C=O) groups excluding carboxylic acids is 2. The van der Waals surface area contributed by atoms with Gasteiger partial charge in [-0.05, 0) is 68.7 Å². The summed E-state index contributed by atoms with van der Waals surface area (Å²) < 4.78 is 12.2. The van der Waals surface area contributed by atoms with Crippen molar-refractivity contribution in [3.05, 3.63) is 65.2 Å². The highest BCUT2D eigenvalue weighted by Crippen LogP contribution is 2.29. The van der Waals surface area contributed by atoms with E-state index >= 15 is 0 Å². The van der Waals surface area contributed by atoms with Crippen LogP contribution >= 0.6 is 0 Å². The molecule has 0 fully saturated rings. The minimum Gasteiger partial charge on any atom is -0.375 e. The number of anilines is 1. The molecular weight excluding hydrogens is 500 g/mol. The standard InChI is InChI=1S/C34H48N2O4/c1-32(2,3)25-40-34(6,7)21-23-39-33(4,5)20-22-35-30(37)18-19-31(38)36-24-28-14-9-8-12-26(28)16-17-27-13-10-11-15-29(27)36/h8-17H,18-25H2,1-7H3,(H,35,37)/b17-16-. The molecule has 0 aromatic heterocycles. The Balaban J connectivity index is 1.45. The van der Waals surface area contributed by atoms with Crippen molar-refractivity contribution in [2.24, 2.45) is 5.41 Å². The molecule has 2 amide bonds. The first kappa shape index (κ1) is 31.6. The van der Waals surface area contributed by atoms with Crippen LogP contribution in [-0.4, -0.2) is 42.8 Å². The molecule has 2 aromatic carbocycles. The van der Waals surface area contributed by atoms with E-state index < -0.39 is 0 Å². The third kappa shape index (κ3) is 10.2. The Morgan fingerprint density at radius 2 is 1.43 bits per heavy atom. The smallest absolute Gasteiger partial charge is 0.227 e. The fourth-order valence-corrected chi connectivity index (χ4v) is 4.45. The van der Waals surface area contributed by atoms with Crippen LogP contribution in [0.15, 0.2) is 48.5 Å². The van der Waals surface area contributed by atoms with E-state index in [1.54, 1.807) is 4.90 Å². The maximum absolute atomic E-state index is 13.4. The van der Waals surface area contributed by atoms with Gasteiger partial charge < -0.3 is 19.7 Å². The van der Waals surface area contributed by atoms with Crippen LogP contribution in [0.1, 0.15) is 90.8 Å². The van der Waals surface area contributed by atoms with Crippen molar-refractivity contribution in [2.75, 3.05) is 24.7 Å². The van der Waals surface area contributed by atoms with Crippen molar-refractivity contribution in [1.82, 2.24) is 5.32 Å². The van der Waals surface area contributed by atoms with Gasteiger partial charge in [-0.15, -0.1) is 0 Å². The zero-order valence-corrected chi connectivity index (χ0v) is 25.5. The van der Waals surface area contributed by atoms with Crippen LogP contribution in [0.3, 0.4) is 0 Å². The molecule has 0 saturated heterocycles. The number of ether oxygens (including phenoxy) is 2. The van der Waals surface area contributed by atoms with Gasteiger partial charge in [-0.3, -0.25) is 9.59 Å². The first-order valence-corrected chi connectivity index (χ1v) is 14.4. The van der Waals surface area contributed by atoms with Crippen molar-refractivity contribution in [2.45, 2.75) is 91.9 Å². The lowest BCUT2D eigenvalue weighted by Crippen LogP contribution is -2.36. The molecule has 0 bridgehead atoms. The van der Waals surface area contributed by atoms with E-state index in [0.717, 1.165) is 28.8 Å².